The molecule has 3 rings (SSSR count). The van der Waals surface area contributed by atoms with Gasteiger partial charge in [0.2, 0.25) is 0 Å². The summed E-state index contributed by atoms with van der Waals surface area (Å²) in [5.41, 5.74) is 1.22. The predicted octanol–water partition coefficient (Wildman–Crippen LogP) is 3.18. The maximum atomic E-state index is 12.4. The molecule has 2 aliphatic rings. The second-order valence-corrected chi connectivity index (χ2v) is 7.52. The van der Waals surface area contributed by atoms with Gasteiger partial charge in [-0.1, -0.05) is 23.7 Å². The lowest BCUT2D eigenvalue weighted by atomic mass is 9.97. The van der Waals surface area contributed by atoms with E-state index in [9.17, 15) is 4.79 Å². The maximum Gasteiger partial charge on any atom is 0.317 e. The summed E-state index contributed by atoms with van der Waals surface area (Å²) >= 11 is 6.04. The van der Waals surface area contributed by atoms with Gasteiger partial charge in [0.25, 0.3) is 0 Å². The highest BCUT2D eigenvalue weighted by Gasteiger charge is 2.40. The Morgan fingerprint density at radius 2 is 2.13 bits per heavy atom. The zero-order chi connectivity index (χ0) is 16.4. The summed E-state index contributed by atoms with van der Waals surface area (Å²) in [5.74, 6) is 1.04. The van der Waals surface area contributed by atoms with E-state index < -0.39 is 0 Å². The van der Waals surface area contributed by atoms with E-state index in [1.807, 2.05) is 30.1 Å². The summed E-state index contributed by atoms with van der Waals surface area (Å²) < 4.78 is 0. The van der Waals surface area contributed by atoms with Crippen LogP contribution in [0.2, 0.25) is 5.02 Å². The van der Waals surface area contributed by atoms with Crippen LogP contribution in [0.25, 0.3) is 0 Å². The molecule has 4 nitrogen and oxygen atoms in total. The molecule has 1 saturated heterocycles. The van der Waals surface area contributed by atoms with Gasteiger partial charge in [0.15, 0.2) is 0 Å². The molecule has 126 valence electrons. The van der Waals surface area contributed by atoms with Gasteiger partial charge in [-0.25, -0.2) is 4.79 Å². The molecule has 0 spiro atoms. The molecular weight excluding hydrogens is 310 g/mol. The molecule has 5 heteroatoms. The Balaban J connectivity index is 1.44. The van der Waals surface area contributed by atoms with E-state index in [0.29, 0.717) is 11.8 Å². The van der Waals surface area contributed by atoms with E-state index in [1.54, 1.807) is 0 Å². The predicted molar refractivity (Wildman–Crippen MR) is 94.0 cm³/mol. The summed E-state index contributed by atoms with van der Waals surface area (Å²) in [4.78, 5) is 16.6. The first-order chi connectivity index (χ1) is 11.0. The summed E-state index contributed by atoms with van der Waals surface area (Å²) in [6, 6.07) is 8.25. The Hall–Kier alpha value is -1.26. The van der Waals surface area contributed by atoms with E-state index in [-0.39, 0.29) is 12.1 Å². The van der Waals surface area contributed by atoms with Crippen LogP contribution in [0.5, 0.6) is 0 Å². The van der Waals surface area contributed by atoms with Crippen molar-refractivity contribution in [2.75, 3.05) is 33.7 Å². The average Bonchev–Trinajstić information content (AvgIpc) is 3.28. The van der Waals surface area contributed by atoms with E-state index in [2.05, 4.69) is 23.3 Å². The first kappa shape index (κ1) is 16.6. The molecule has 1 saturated carbocycles. The monoisotopic (exact) mass is 335 g/mol. The zero-order valence-corrected chi connectivity index (χ0v) is 14.7. The number of carbonyl (C=O) groups is 1. The minimum Gasteiger partial charge on any atom is -0.335 e. The summed E-state index contributed by atoms with van der Waals surface area (Å²) in [7, 11) is 4.07. The van der Waals surface area contributed by atoms with Crippen LogP contribution in [0.1, 0.15) is 30.7 Å². The highest BCUT2D eigenvalue weighted by atomic mass is 35.5. The number of halogens is 1. The molecule has 2 amide bonds. The number of amides is 2. The number of hydrogen-bond acceptors (Lipinski definition) is 2. The van der Waals surface area contributed by atoms with E-state index >= 15 is 0 Å². The van der Waals surface area contributed by atoms with Gasteiger partial charge in [0, 0.05) is 30.6 Å². The minimum absolute atomic E-state index is 0.0541. The Morgan fingerprint density at radius 1 is 1.39 bits per heavy atom. The molecule has 0 radical (unpaired) electrons. The van der Waals surface area contributed by atoms with Crippen LogP contribution < -0.4 is 5.32 Å². The summed E-state index contributed by atoms with van der Waals surface area (Å²) in [6.07, 6.45) is 3.37. The Kier molecular flexibility index (Phi) is 5.12. The quantitative estimate of drug-likeness (QED) is 0.917. The van der Waals surface area contributed by atoms with Gasteiger partial charge < -0.3 is 15.1 Å². The topological polar surface area (TPSA) is 35.6 Å². The lowest BCUT2D eigenvalue weighted by Crippen LogP contribution is -2.43. The number of piperidine rings is 1. The summed E-state index contributed by atoms with van der Waals surface area (Å²) in [5, 5.41) is 3.92. The number of likely N-dealkylation sites (tertiary alicyclic amines) is 1. The van der Waals surface area contributed by atoms with E-state index in [4.69, 9.17) is 11.6 Å². The van der Waals surface area contributed by atoms with Gasteiger partial charge in [0.1, 0.15) is 0 Å². The van der Waals surface area contributed by atoms with Crippen molar-refractivity contribution in [1.82, 2.24) is 15.1 Å². The standard InChI is InChI=1S/C18H26ClN3O/c1-21-8-6-13(7-9-21)12-22(2)18(23)20-17-11-16(17)14-4-3-5-15(19)10-14/h3-5,10,13,16-17H,6-9,11-12H2,1-2H3,(H,20,23). The average molecular weight is 336 g/mol. The van der Waals surface area contributed by atoms with Crippen LogP contribution in [0.15, 0.2) is 24.3 Å². The molecule has 23 heavy (non-hydrogen) atoms. The highest BCUT2D eigenvalue weighted by Crippen LogP contribution is 2.41. The molecule has 1 heterocycles. The fourth-order valence-electron chi connectivity index (χ4n) is 3.44. The third-order valence-corrected chi connectivity index (χ3v) is 5.33. The first-order valence-electron chi connectivity index (χ1n) is 8.48. The van der Waals surface area contributed by atoms with Crippen molar-refractivity contribution in [2.24, 2.45) is 5.92 Å². The molecule has 1 aliphatic heterocycles. The lowest BCUT2D eigenvalue weighted by Gasteiger charge is -2.31. The molecule has 0 bridgehead atoms. The Labute approximate surface area is 143 Å². The zero-order valence-electron chi connectivity index (χ0n) is 14.0. The lowest BCUT2D eigenvalue weighted by molar-refractivity contribution is 0.170. The first-order valence-corrected chi connectivity index (χ1v) is 8.86. The van der Waals surface area contributed by atoms with Crippen molar-refractivity contribution in [1.29, 1.82) is 0 Å². The molecule has 2 fully saturated rings. The molecule has 2 atom stereocenters. The number of carbonyl (C=O) groups excluding carboxylic acids is 1. The van der Waals surface area contributed by atoms with Crippen LogP contribution in [0, 0.1) is 5.92 Å². The van der Waals surface area contributed by atoms with Crippen LogP contribution in [-0.4, -0.2) is 55.6 Å². The van der Waals surface area contributed by atoms with Crippen molar-refractivity contribution in [3.8, 4) is 0 Å². The van der Waals surface area contributed by atoms with E-state index in [0.717, 1.165) is 31.1 Å². The molecule has 1 aromatic rings. The van der Waals surface area contributed by atoms with Crippen molar-refractivity contribution >= 4 is 17.6 Å². The fourth-order valence-corrected chi connectivity index (χ4v) is 3.64. The maximum absolute atomic E-state index is 12.4. The van der Waals surface area contributed by atoms with Gasteiger partial charge >= 0.3 is 6.03 Å². The summed E-state index contributed by atoms with van der Waals surface area (Å²) in [6.45, 7) is 3.13. The Bertz CT molecular complexity index is 557. The molecular formula is C18H26ClN3O. The number of nitrogens with one attached hydrogen (secondary N) is 1. The van der Waals surface area contributed by atoms with Crippen molar-refractivity contribution in [2.45, 2.75) is 31.2 Å². The molecule has 2 unspecified atom stereocenters. The largest absolute Gasteiger partial charge is 0.335 e. The van der Waals surface area contributed by atoms with Crippen LogP contribution in [0.3, 0.4) is 0 Å². The van der Waals surface area contributed by atoms with Crippen molar-refractivity contribution in [3.05, 3.63) is 34.9 Å². The number of benzene rings is 1. The van der Waals surface area contributed by atoms with Gasteiger partial charge in [-0.3, -0.25) is 0 Å². The SMILES string of the molecule is CN1CCC(CN(C)C(=O)NC2CC2c2cccc(Cl)c2)CC1. The fraction of sp³-hybridized carbons (Fsp3) is 0.611. The van der Waals surface area contributed by atoms with Gasteiger partial charge in [-0.15, -0.1) is 0 Å². The third-order valence-electron chi connectivity index (χ3n) is 5.09. The van der Waals surface area contributed by atoms with Crippen LogP contribution in [-0.2, 0) is 0 Å². The third kappa shape index (κ3) is 4.39. The van der Waals surface area contributed by atoms with E-state index in [1.165, 1.54) is 18.4 Å². The number of rotatable bonds is 4. The smallest absolute Gasteiger partial charge is 0.317 e. The Morgan fingerprint density at radius 3 is 2.83 bits per heavy atom. The van der Waals surface area contributed by atoms with Gasteiger partial charge in [-0.2, -0.15) is 0 Å². The van der Waals surface area contributed by atoms with Crippen LogP contribution >= 0.6 is 11.6 Å². The minimum atomic E-state index is 0.0541. The second kappa shape index (κ2) is 7.10. The van der Waals surface area contributed by atoms with Gasteiger partial charge in [0.05, 0.1) is 0 Å². The molecule has 1 aliphatic carbocycles. The van der Waals surface area contributed by atoms with Crippen molar-refractivity contribution < 1.29 is 4.79 Å². The molecule has 1 N–H and O–H groups in total. The molecule has 0 aromatic heterocycles. The van der Waals surface area contributed by atoms with Crippen LogP contribution in [0.4, 0.5) is 4.79 Å². The van der Waals surface area contributed by atoms with Crippen molar-refractivity contribution in [3.63, 3.8) is 0 Å². The highest BCUT2D eigenvalue weighted by molar-refractivity contribution is 6.30. The normalized spacial score (nSPS) is 25.2. The second-order valence-electron chi connectivity index (χ2n) is 7.08. The number of urea groups is 1. The van der Waals surface area contributed by atoms with Gasteiger partial charge in [-0.05, 0) is 63.0 Å². The molecule has 1 aromatic carbocycles. The number of nitrogens with zero attached hydrogens (tertiary/aromatic N) is 2. The number of hydrogen-bond donors (Lipinski definition) is 1.